The molecule has 0 atom stereocenters. The SMILES string of the molecule is COc1ccc(S(=O)(=O)Nc2nc(CCC(=O)Nc3ccc(F)c(F)c3)cs2)cc1. The van der Waals surface area contributed by atoms with Crippen LogP contribution in [0.3, 0.4) is 0 Å². The Labute approximate surface area is 175 Å². The first-order valence-corrected chi connectivity index (χ1v) is 11.0. The highest BCUT2D eigenvalue weighted by Gasteiger charge is 2.16. The molecule has 158 valence electrons. The average molecular weight is 453 g/mol. The lowest BCUT2D eigenvalue weighted by atomic mass is 10.2. The number of nitrogens with one attached hydrogen (secondary N) is 2. The van der Waals surface area contributed by atoms with Crippen LogP contribution in [0.5, 0.6) is 5.75 Å². The van der Waals surface area contributed by atoms with Gasteiger partial charge in [0.2, 0.25) is 5.91 Å². The van der Waals surface area contributed by atoms with Crippen LogP contribution < -0.4 is 14.8 Å². The van der Waals surface area contributed by atoms with Crippen molar-refractivity contribution in [2.45, 2.75) is 17.7 Å². The maximum Gasteiger partial charge on any atom is 0.263 e. The van der Waals surface area contributed by atoms with Crippen LogP contribution in [0.25, 0.3) is 0 Å². The molecule has 7 nitrogen and oxygen atoms in total. The molecule has 1 amide bonds. The van der Waals surface area contributed by atoms with E-state index in [1.807, 2.05) is 0 Å². The molecule has 2 aromatic carbocycles. The minimum Gasteiger partial charge on any atom is -0.497 e. The van der Waals surface area contributed by atoms with Crippen LogP contribution in [0.1, 0.15) is 12.1 Å². The standard InChI is InChI=1S/C19H17F2N3O4S2/c1-28-14-4-6-15(7-5-14)30(26,27)24-19-23-13(11-29-19)3-9-18(25)22-12-2-8-16(20)17(21)10-12/h2,4-8,10-11H,3,9H2,1H3,(H,22,25)(H,23,24). The number of hydrogen-bond donors (Lipinski definition) is 2. The van der Waals surface area contributed by atoms with E-state index in [2.05, 4.69) is 15.0 Å². The van der Waals surface area contributed by atoms with E-state index in [1.165, 1.54) is 37.4 Å². The molecule has 1 aromatic heterocycles. The number of rotatable bonds is 8. The second-order valence-electron chi connectivity index (χ2n) is 6.10. The van der Waals surface area contributed by atoms with Gasteiger partial charge in [0.15, 0.2) is 16.8 Å². The molecule has 0 radical (unpaired) electrons. The Balaban J connectivity index is 1.56. The molecule has 0 spiro atoms. The third-order valence-electron chi connectivity index (χ3n) is 3.95. The molecule has 0 fully saturated rings. The summed E-state index contributed by atoms with van der Waals surface area (Å²) in [5, 5.41) is 4.27. The number of nitrogens with zero attached hydrogens (tertiary/aromatic N) is 1. The Bertz CT molecular complexity index is 1150. The van der Waals surface area contributed by atoms with E-state index >= 15 is 0 Å². The van der Waals surface area contributed by atoms with E-state index in [4.69, 9.17) is 4.74 Å². The molecule has 0 bridgehead atoms. The lowest BCUT2D eigenvalue weighted by Crippen LogP contribution is -2.13. The van der Waals surface area contributed by atoms with Gasteiger partial charge in [0.25, 0.3) is 10.0 Å². The van der Waals surface area contributed by atoms with Crippen LogP contribution in [0.15, 0.2) is 52.7 Å². The molecule has 2 N–H and O–H groups in total. The highest BCUT2D eigenvalue weighted by molar-refractivity contribution is 7.93. The number of benzene rings is 2. The van der Waals surface area contributed by atoms with Crippen molar-refractivity contribution in [3.05, 3.63) is 65.2 Å². The zero-order valence-electron chi connectivity index (χ0n) is 15.7. The molecule has 11 heteroatoms. The number of methoxy groups -OCH3 is 1. The summed E-state index contributed by atoms with van der Waals surface area (Å²) >= 11 is 1.09. The summed E-state index contributed by atoms with van der Waals surface area (Å²) in [5.74, 6) is -1.93. The number of aryl methyl sites for hydroxylation is 1. The largest absolute Gasteiger partial charge is 0.497 e. The summed E-state index contributed by atoms with van der Waals surface area (Å²) in [6, 6.07) is 8.97. The fraction of sp³-hybridized carbons (Fsp3) is 0.158. The van der Waals surface area contributed by atoms with E-state index in [0.717, 1.165) is 23.5 Å². The van der Waals surface area contributed by atoms with E-state index in [-0.39, 0.29) is 28.6 Å². The Hall–Kier alpha value is -3.05. The summed E-state index contributed by atoms with van der Waals surface area (Å²) in [6.45, 7) is 0. The summed E-state index contributed by atoms with van der Waals surface area (Å²) in [4.78, 5) is 16.2. The zero-order valence-corrected chi connectivity index (χ0v) is 17.3. The van der Waals surface area contributed by atoms with E-state index in [1.54, 1.807) is 5.38 Å². The third kappa shape index (κ3) is 5.51. The quantitative estimate of drug-likeness (QED) is 0.541. The van der Waals surface area contributed by atoms with Gasteiger partial charge in [-0.3, -0.25) is 9.52 Å². The van der Waals surface area contributed by atoms with Crippen molar-refractivity contribution in [3.8, 4) is 5.75 Å². The molecule has 0 aliphatic rings. The van der Waals surface area contributed by atoms with Gasteiger partial charge in [-0.1, -0.05) is 0 Å². The summed E-state index contributed by atoms with van der Waals surface area (Å²) in [7, 11) is -2.32. The topological polar surface area (TPSA) is 97.4 Å². The number of carbonyl (C=O) groups excluding carboxylic acids is 1. The summed E-state index contributed by atoms with van der Waals surface area (Å²) < 4.78 is 58.3. The lowest BCUT2D eigenvalue weighted by molar-refractivity contribution is -0.116. The molecule has 0 unspecified atom stereocenters. The van der Waals surface area contributed by atoms with E-state index in [9.17, 15) is 22.0 Å². The van der Waals surface area contributed by atoms with Gasteiger partial charge in [-0.25, -0.2) is 22.2 Å². The van der Waals surface area contributed by atoms with Crippen LogP contribution in [-0.2, 0) is 21.2 Å². The average Bonchev–Trinajstić information content (AvgIpc) is 3.16. The number of carbonyl (C=O) groups is 1. The van der Waals surface area contributed by atoms with Gasteiger partial charge in [-0.15, -0.1) is 11.3 Å². The van der Waals surface area contributed by atoms with Gasteiger partial charge in [-0.2, -0.15) is 0 Å². The number of amides is 1. The highest BCUT2D eigenvalue weighted by Crippen LogP contribution is 2.22. The Morgan fingerprint density at radius 1 is 1.13 bits per heavy atom. The molecule has 0 aliphatic heterocycles. The minimum absolute atomic E-state index is 0.0351. The van der Waals surface area contributed by atoms with Crippen LogP contribution in [-0.4, -0.2) is 26.4 Å². The molecule has 0 aliphatic carbocycles. The molecule has 3 rings (SSSR count). The maximum absolute atomic E-state index is 13.2. The van der Waals surface area contributed by atoms with Gasteiger partial charge in [0, 0.05) is 23.6 Å². The van der Waals surface area contributed by atoms with Gasteiger partial charge in [0.05, 0.1) is 17.7 Å². The maximum atomic E-state index is 13.2. The van der Waals surface area contributed by atoms with Crippen molar-refractivity contribution in [2.75, 3.05) is 17.1 Å². The molecular weight excluding hydrogens is 436 g/mol. The molecular formula is C19H17F2N3O4S2. The summed E-state index contributed by atoms with van der Waals surface area (Å²) in [6.07, 6.45) is 0.281. The fourth-order valence-corrected chi connectivity index (χ4v) is 4.43. The first kappa shape index (κ1) is 21.7. The van der Waals surface area contributed by atoms with Gasteiger partial charge in [0.1, 0.15) is 5.75 Å². The van der Waals surface area contributed by atoms with E-state index in [0.29, 0.717) is 11.4 Å². The zero-order chi connectivity index (χ0) is 21.7. The number of hydrogen-bond acceptors (Lipinski definition) is 6. The Morgan fingerprint density at radius 2 is 1.87 bits per heavy atom. The summed E-state index contributed by atoms with van der Waals surface area (Å²) in [5.41, 5.74) is 0.665. The van der Waals surface area contributed by atoms with Crippen LogP contribution in [0.4, 0.5) is 19.6 Å². The second kappa shape index (κ2) is 9.18. The number of halogens is 2. The highest BCUT2D eigenvalue weighted by atomic mass is 32.2. The Kier molecular flexibility index (Phi) is 6.63. The van der Waals surface area contributed by atoms with Gasteiger partial charge >= 0.3 is 0 Å². The van der Waals surface area contributed by atoms with Gasteiger partial charge < -0.3 is 10.1 Å². The predicted octanol–water partition coefficient (Wildman–Crippen LogP) is 3.80. The first-order valence-electron chi connectivity index (χ1n) is 8.63. The van der Waals surface area contributed by atoms with Crippen LogP contribution >= 0.6 is 11.3 Å². The lowest BCUT2D eigenvalue weighted by Gasteiger charge is -2.06. The normalized spacial score (nSPS) is 11.2. The fourth-order valence-electron chi connectivity index (χ4n) is 2.44. The van der Waals surface area contributed by atoms with Crippen molar-refractivity contribution in [2.24, 2.45) is 0 Å². The second-order valence-corrected chi connectivity index (χ2v) is 8.64. The molecule has 1 heterocycles. The Morgan fingerprint density at radius 3 is 2.53 bits per heavy atom. The van der Waals surface area contributed by atoms with Crippen molar-refractivity contribution in [3.63, 3.8) is 0 Å². The number of sulfonamides is 1. The molecule has 30 heavy (non-hydrogen) atoms. The number of ether oxygens (including phenoxy) is 1. The number of anilines is 2. The molecule has 0 saturated carbocycles. The third-order valence-corrected chi connectivity index (χ3v) is 6.25. The number of aromatic nitrogens is 1. The van der Waals surface area contributed by atoms with Crippen LogP contribution in [0, 0.1) is 11.6 Å². The van der Waals surface area contributed by atoms with Crippen molar-refractivity contribution in [1.29, 1.82) is 0 Å². The minimum atomic E-state index is -3.81. The molecule has 3 aromatic rings. The first-order chi connectivity index (χ1) is 14.3. The molecule has 0 saturated heterocycles. The monoisotopic (exact) mass is 453 g/mol. The van der Waals surface area contributed by atoms with Crippen molar-refractivity contribution in [1.82, 2.24) is 4.98 Å². The smallest absolute Gasteiger partial charge is 0.263 e. The van der Waals surface area contributed by atoms with Crippen molar-refractivity contribution >= 4 is 38.1 Å². The number of thiazole rings is 1. The van der Waals surface area contributed by atoms with Gasteiger partial charge in [-0.05, 0) is 42.8 Å². The van der Waals surface area contributed by atoms with Crippen LogP contribution in [0.2, 0.25) is 0 Å². The van der Waals surface area contributed by atoms with E-state index < -0.39 is 27.6 Å². The van der Waals surface area contributed by atoms with Crippen molar-refractivity contribution < 1.29 is 26.7 Å². The predicted molar refractivity (Wildman–Crippen MR) is 109 cm³/mol.